The monoisotopic (exact) mass is 626 g/mol. The second kappa shape index (κ2) is 12.2. The molecule has 4 nitrogen and oxygen atoms in total. The van der Waals surface area contributed by atoms with E-state index < -0.39 is 0 Å². The molecule has 0 bridgehead atoms. The zero-order valence-electron chi connectivity index (χ0n) is 26.6. The standard InChI is InChI=1S/C45H30N4/c1-5-16-31(17-6-1)39-30-40(32-18-7-2-8-19-32)47-45(46-39)37-26-15-25-36(28-37)43-42(34-22-11-4-12-23-34)44-38-27-14-13-24-35(38)29-41(49(44)48-43)33-20-9-3-10-21-33/h1-30H. The van der Waals surface area contributed by atoms with E-state index in [2.05, 4.69) is 150 Å². The summed E-state index contributed by atoms with van der Waals surface area (Å²) in [4.78, 5) is 10.2. The minimum Gasteiger partial charge on any atom is -0.231 e. The number of nitrogens with zero attached hydrogens (tertiary/aromatic N) is 4. The molecule has 0 aliphatic rings. The van der Waals surface area contributed by atoms with Crippen molar-refractivity contribution in [1.29, 1.82) is 0 Å². The van der Waals surface area contributed by atoms with Gasteiger partial charge in [-0.15, -0.1) is 0 Å². The van der Waals surface area contributed by atoms with E-state index in [9.17, 15) is 0 Å². The highest BCUT2D eigenvalue weighted by Gasteiger charge is 2.22. The van der Waals surface area contributed by atoms with Crippen LogP contribution < -0.4 is 0 Å². The number of aromatic nitrogens is 4. The van der Waals surface area contributed by atoms with Crippen molar-refractivity contribution in [2.24, 2.45) is 0 Å². The van der Waals surface area contributed by atoms with Crippen LogP contribution in [0.1, 0.15) is 0 Å². The van der Waals surface area contributed by atoms with Crippen LogP contribution in [0.2, 0.25) is 0 Å². The van der Waals surface area contributed by atoms with Gasteiger partial charge >= 0.3 is 0 Å². The molecular weight excluding hydrogens is 597 g/mol. The lowest BCUT2D eigenvalue weighted by molar-refractivity contribution is 0.979. The summed E-state index contributed by atoms with van der Waals surface area (Å²) in [6.45, 7) is 0. The summed E-state index contributed by atoms with van der Waals surface area (Å²) in [7, 11) is 0. The Kier molecular flexibility index (Phi) is 7.10. The number of fused-ring (bicyclic) bond motifs is 3. The number of pyridine rings is 1. The van der Waals surface area contributed by atoms with Gasteiger partial charge in [-0.3, -0.25) is 0 Å². The van der Waals surface area contributed by atoms with Crippen LogP contribution in [0.15, 0.2) is 182 Å². The Hall–Kier alpha value is -6.65. The smallest absolute Gasteiger partial charge is 0.160 e. The summed E-state index contributed by atoms with van der Waals surface area (Å²) in [5, 5.41) is 7.75. The fourth-order valence-corrected chi connectivity index (χ4v) is 6.68. The summed E-state index contributed by atoms with van der Waals surface area (Å²) in [5.41, 5.74) is 12.1. The summed E-state index contributed by atoms with van der Waals surface area (Å²) in [6, 6.07) is 63.1. The predicted molar refractivity (Wildman–Crippen MR) is 201 cm³/mol. The summed E-state index contributed by atoms with van der Waals surface area (Å²) < 4.78 is 2.13. The van der Waals surface area contributed by atoms with E-state index >= 15 is 0 Å². The molecule has 0 radical (unpaired) electrons. The first-order valence-corrected chi connectivity index (χ1v) is 16.5. The SMILES string of the molecule is c1ccc(-c2cc(-c3ccccc3)nc(-c3cccc(-c4nn5c(-c6ccccc6)cc6ccccc6c5c4-c4ccccc4)c3)n2)cc1. The highest BCUT2D eigenvalue weighted by molar-refractivity contribution is 6.08. The molecule has 6 aromatic carbocycles. The average Bonchev–Trinajstić information content (AvgIpc) is 3.60. The molecule has 0 fully saturated rings. The Morgan fingerprint density at radius 1 is 0.388 bits per heavy atom. The molecule has 4 heteroatoms. The van der Waals surface area contributed by atoms with Gasteiger partial charge in [-0.2, -0.15) is 5.10 Å². The maximum atomic E-state index is 5.43. The van der Waals surface area contributed by atoms with Crippen LogP contribution in [0.4, 0.5) is 0 Å². The van der Waals surface area contributed by atoms with E-state index in [1.165, 1.54) is 5.39 Å². The van der Waals surface area contributed by atoms with Crippen molar-refractivity contribution in [3.8, 4) is 67.5 Å². The Morgan fingerprint density at radius 2 is 0.898 bits per heavy atom. The second-order valence-electron chi connectivity index (χ2n) is 12.1. The van der Waals surface area contributed by atoms with Crippen molar-refractivity contribution in [1.82, 2.24) is 19.6 Å². The molecule has 0 amide bonds. The maximum Gasteiger partial charge on any atom is 0.160 e. The summed E-state index contributed by atoms with van der Waals surface area (Å²) in [6.07, 6.45) is 0. The molecule has 9 aromatic rings. The van der Waals surface area contributed by atoms with Crippen molar-refractivity contribution in [3.05, 3.63) is 182 Å². The maximum absolute atomic E-state index is 5.43. The van der Waals surface area contributed by atoms with Gasteiger partial charge in [-0.25, -0.2) is 14.5 Å². The number of benzene rings is 6. The highest BCUT2D eigenvalue weighted by atomic mass is 15.2. The van der Waals surface area contributed by atoms with Crippen LogP contribution in [-0.2, 0) is 0 Å². The van der Waals surface area contributed by atoms with E-state index in [1.54, 1.807) is 0 Å². The third-order valence-electron chi connectivity index (χ3n) is 9.01. The fourth-order valence-electron chi connectivity index (χ4n) is 6.68. The van der Waals surface area contributed by atoms with Crippen LogP contribution >= 0.6 is 0 Å². The van der Waals surface area contributed by atoms with Crippen molar-refractivity contribution in [2.45, 2.75) is 0 Å². The highest BCUT2D eigenvalue weighted by Crippen LogP contribution is 2.41. The third-order valence-corrected chi connectivity index (χ3v) is 9.01. The van der Waals surface area contributed by atoms with Crippen LogP contribution in [0.25, 0.3) is 83.8 Å². The molecular formula is C45H30N4. The van der Waals surface area contributed by atoms with Crippen molar-refractivity contribution in [2.75, 3.05) is 0 Å². The molecule has 0 aliphatic heterocycles. The molecule has 0 saturated carbocycles. The molecule has 9 rings (SSSR count). The number of hydrogen-bond donors (Lipinski definition) is 0. The lowest BCUT2D eigenvalue weighted by Gasteiger charge is -2.11. The first-order chi connectivity index (χ1) is 24.3. The van der Waals surface area contributed by atoms with Crippen LogP contribution in [0.5, 0.6) is 0 Å². The Balaban J connectivity index is 1.30. The molecule has 3 aromatic heterocycles. The van der Waals surface area contributed by atoms with Gasteiger partial charge in [-0.1, -0.05) is 164 Å². The largest absolute Gasteiger partial charge is 0.231 e. The first-order valence-electron chi connectivity index (χ1n) is 16.5. The van der Waals surface area contributed by atoms with Gasteiger partial charge < -0.3 is 0 Å². The quantitative estimate of drug-likeness (QED) is 0.184. The van der Waals surface area contributed by atoms with E-state index in [1.807, 2.05) is 36.4 Å². The molecule has 230 valence electrons. The topological polar surface area (TPSA) is 43.1 Å². The van der Waals surface area contributed by atoms with Gasteiger partial charge in [-0.05, 0) is 29.1 Å². The molecule has 0 unspecified atom stereocenters. The average molecular weight is 627 g/mol. The van der Waals surface area contributed by atoms with Gasteiger partial charge in [0.05, 0.1) is 22.6 Å². The Morgan fingerprint density at radius 3 is 1.53 bits per heavy atom. The summed E-state index contributed by atoms with van der Waals surface area (Å²) in [5.74, 6) is 0.669. The second-order valence-corrected chi connectivity index (χ2v) is 12.1. The van der Waals surface area contributed by atoms with Crippen LogP contribution in [0.3, 0.4) is 0 Å². The van der Waals surface area contributed by atoms with E-state index in [-0.39, 0.29) is 0 Å². The predicted octanol–water partition coefficient (Wildman–Crippen LogP) is 11.3. The molecule has 49 heavy (non-hydrogen) atoms. The van der Waals surface area contributed by atoms with Crippen molar-refractivity contribution >= 4 is 16.3 Å². The normalized spacial score (nSPS) is 11.3. The first kappa shape index (κ1) is 28.6. The van der Waals surface area contributed by atoms with Gasteiger partial charge in [0.25, 0.3) is 0 Å². The molecule has 0 atom stereocenters. The minimum absolute atomic E-state index is 0.669. The van der Waals surface area contributed by atoms with Crippen molar-refractivity contribution < 1.29 is 0 Å². The van der Waals surface area contributed by atoms with Gasteiger partial charge in [0.15, 0.2) is 5.82 Å². The number of hydrogen-bond acceptors (Lipinski definition) is 3. The molecule has 0 spiro atoms. The molecule has 0 N–H and O–H groups in total. The van der Waals surface area contributed by atoms with E-state index in [0.29, 0.717) is 5.82 Å². The third kappa shape index (κ3) is 5.26. The van der Waals surface area contributed by atoms with Crippen LogP contribution in [0, 0.1) is 0 Å². The fraction of sp³-hybridized carbons (Fsp3) is 0. The molecule has 3 heterocycles. The van der Waals surface area contributed by atoms with Crippen molar-refractivity contribution in [3.63, 3.8) is 0 Å². The Labute approximate surface area is 284 Å². The summed E-state index contributed by atoms with van der Waals surface area (Å²) >= 11 is 0. The Bertz CT molecular complexity index is 2520. The van der Waals surface area contributed by atoms with Gasteiger partial charge in [0, 0.05) is 38.8 Å². The number of rotatable bonds is 6. The minimum atomic E-state index is 0.669. The lowest BCUT2D eigenvalue weighted by atomic mass is 9.96. The molecule has 0 saturated heterocycles. The zero-order chi connectivity index (χ0) is 32.6. The van der Waals surface area contributed by atoms with Gasteiger partial charge in [0.2, 0.25) is 0 Å². The van der Waals surface area contributed by atoms with E-state index in [4.69, 9.17) is 15.1 Å². The zero-order valence-corrected chi connectivity index (χ0v) is 26.6. The van der Waals surface area contributed by atoms with Crippen LogP contribution in [-0.4, -0.2) is 19.6 Å². The molecule has 0 aliphatic carbocycles. The lowest BCUT2D eigenvalue weighted by Crippen LogP contribution is -1.96. The van der Waals surface area contributed by atoms with Gasteiger partial charge in [0.1, 0.15) is 5.69 Å². The van der Waals surface area contributed by atoms with E-state index in [0.717, 1.165) is 72.6 Å².